The van der Waals surface area contributed by atoms with Crippen LogP contribution in [0.4, 0.5) is 0 Å². The van der Waals surface area contributed by atoms with Gasteiger partial charge in [-0.1, -0.05) is 13.8 Å². The number of hydrogen-bond acceptors (Lipinski definition) is 1. The van der Waals surface area contributed by atoms with E-state index in [1.54, 1.807) is 0 Å². The Morgan fingerprint density at radius 3 is 1.44 bits per heavy atom. The maximum Gasteiger partial charge on any atom is 0.0551 e. The van der Waals surface area contributed by atoms with Crippen LogP contribution in [-0.2, 0) is 4.74 Å². The van der Waals surface area contributed by atoms with Gasteiger partial charge in [0.25, 0.3) is 0 Å². The number of hydrogen-bond donors (Lipinski definition) is 0. The van der Waals surface area contributed by atoms with Gasteiger partial charge in [-0.05, 0) is 26.7 Å². The van der Waals surface area contributed by atoms with Crippen LogP contribution < -0.4 is 0 Å². The molecule has 0 aromatic carbocycles. The van der Waals surface area contributed by atoms with Crippen LogP contribution >= 0.6 is 0 Å². The zero-order chi connectivity index (χ0) is 7.28. The minimum absolute atomic E-state index is 0.523. The Labute approximate surface area is 58.4 Å². The third-order valence-corrected chi connectivity index (χ3v) is 1.44. The molecule has 9 heavy (non-hydrogen) atoms. The fraction of sp³-hybridized carbons (Fsp3) is 1.00. The lowest BCUT2D eigenvalue weighted by Gasteiger charge is -2.01. The van der Waals surface area contributed by atoms with Crippen molar-refractivity contribution >= 4 is 0 Å². The van der Waals surface area contributed by atoms with Gasteiger partial charge in [-0.25, -0.2) is 0 Å². The van der Waals surface area contributed by atoms with Gasteiger partial charge in [-0.15, -0.1) is 0 Å². The van der Waals surface area contributed by atoms with Crippen molar-refractivity contribution in [2.24, 2.45) is 0 Å². The van der Waals surface area contributed by atoms with Gasteiger partial charge in [0.05, 0.1) is 12.2 Å². The van der Waals surface area contributed by atoms with E-state index < -0.39 is 0 Å². The van der Waals surface area contributed by atoms with Gasteiger partial charge in [0.15, 0.2) is 0 Å². The highest BCUT2D eigenvalue weighted by Crippen LogP contribution is 2.17. The molecule has 0 bridgehead atoms. The van der Waals surface area contributed by atoms with Gasteiger partial charge < -0.3 is 4.74 Å². The monoisotopic (exact) mass is 130 g/mol. The lowest BCUT2D eigenvalue weighted by molar-refractivity contribution is 0.0673. The van der Waals surface area contributed by atoms with Gasteiger partial charge in [0, 0.05) is 0 Å². The molecule has 0 aromatic rings. The van der Waals surface area contributed by atoms with Crippen LogP contribution in [0.3, 0.4) is 0 Å². The second-order valence-corrected chi connectivity index (χ2v) is 2.33. The standard InChI is InChI=1S/C6H12O.C2H6/c1-5-3-4-6(2)7-5;1-2/h5-6H,3-4H2,1-2H3;1-2H3. The molecule has 1 fully saturated rings. The molecule has 1 heterocycles. The smallest absolute Gasteiger partial charge is 0.0551 e. The third kappa shape index (κ3) is 3.52. The fourth-order valence-electron chi connectivity index (χ4n) is 1.00. The van der Waals surface area contributed by atoms with E-state index in [-0.39, 0.29) is 0 Å². The molecule has 0 saturated carbocycles. The molecule has 2 atom stereocenters. The second kappa shape index (κ2) is 4.80. The maximum absolute atomic E-state index is 5.36. The van der Waals surface area contributed by atoms with Crippen molar-refractivity contribution in [3.63, 3.8) is 0 Å². The van der Waals surface area contributed by atoms with Crippen LogP contribution in [0, 0.1) is 0 Å². The summed E-state index contributed by atoms with van der Waals surface area (Å²) in [7, 11) is 0. The van der Waals surface area contributed by atoms with Crippen molar-refractivity contribution in [3.8, 4) is 0 Å². The Morgan fingerprint density at radius 2 is 1.33 bits per heavy atom. The molecule has 1 saturated heterocycles. The zero-order valence-electron chi connectivity index (χ0n) is 6.98. The van der Waals surface area contributed by atoms with E-state index >= 15 is 0 Å². The minimum Gasteiger partial charge on any atom is -0.376 e. The highest BCUT2D eigenvalue weighted by atomic mass is 16.5. The Kier molecular flexibility index (Phi) is 4.78. The Hall–Kier alpha value is -0.0400. The molecule has 1 heteroatoms. The highest BCUT2D eigenvalue weighted by molar-refractivity contribution is 4.64. The summed E-state index contributed by atoms with van der Waals surface area (Å²) in [5.74, 6) is 0. The molecule has 2 unspecified atom stereocenters. The number of ether oxygens (including phenoxy) is 1. The topological polar surface area (TPSA) is 9.23 Å². The van der Waals surface area contributed by atoms with E-state index in [0.717, 1.165) is 0 Å². The summed E-state index contributed by atoms with van der Waals surface area (Å²) in [5.41, 5.74) is 0. The molecule has 0 N–H and O–H groups in total. The fourth-order valence-corrected chi connectivity index (χ4v) is 1.00. The maximum atomic E-state index is 5.36. The molecule has 1 rings (SSSR count). The summed E-state index contributed by atoms with van der Waals surface area (Å²) in [4.78, 5) is 0. The molecule has 1 nitrogen and oxygen atoms in total. The summed E-state index contributed by atoms with van der Waals surface area (Å²) >= 11 is 0. The van der Waals surface area contributed by atoms with E-state index in [4.69, 9.17) is 4.74 Å². The third-order valence-electron chi connectivity index (χ3n) is 1.44. The van der Waals surface area contributed by atoms with E-state index in [1.165, 1.54) is 12.8 Å². The lowest BCUT2D eigenvalue weighted by Crippen LogP contribution is -2.01. The van der Waals surface area contributed by atoms with Crippen LogP contribution in [0.5, 0.6) is 0 Å². The van der Waals surface area contributed by atoms with Gasteiger partial charge in [0.1, 0.15) is 0 Å². The highest BCUT2D eigenvalue weighted by Gasteiger charge is 2.16. The lowest BCUT2D eigenvalue weighted by atomic mass is 10.2. The average molecular weight is 130 g/mol. The summed E-state index contributed by atoms with van der Waals surface area (Å²) in [6.07, 6.45) is 3.55. The molecule has 0 radical (unpaired) electrons. The van der Waals surface area contributed by atoms with Crippen LogP contribution in [0.15, 0.2) is 0 Å². The normalized spacial score (nSPS) is 33.3. The second-order valence-electron chi connectivity index (χ2n) is 2.33. The van der Waals surface area contributed by atoms with Crippen molar-refractivity contribution in [2.45, 2.75) is 52.7 Å². The molecule has 1 aliphatic heterocycles. The Balaban J connectivity index is 0.000000291. The summed E-state index contributed by atoms with van der Waals surface area (Å²) in [6.45, 7) is 8.26. The first-order chi connectivity index (χ1) is 4.29. The van der Waals surface area contributed by atoms with Crippen molar-refractivity contribution < 1.29 is 4.74 Å². The van der Waals surface area contributed by atoms with Gasteiger partial charge in [0.2, 0.25) is 0 Å². The van der Waals surface area contributed by atoms with E-state index in [1.807, 2.05) is 13.8 Å². The van der Waals surface area contributed by atoms with Crippen LogP contribution in [0.2, 0.25) is 0 Å². The van der Waals surface area contributed by atoms with Gasteiger partial charge in [-0.3, -0.25) is 0 Å². The van der Waals surface area contributed by atoms with Crippen LogP contribution in [0.1, 0.15) is 40.5 Å². The summed E-state index contributed by atoms with van der Waals surface area (Å²) < 4.78 is 5.36. The van der Waals surface area contributed by atoms with E-state index in [0.29, 0.717) is 12.2 Å². The van der Waals surface area contributed by atoms with Crippen LogP contribution in [-0.4, -0.2) is 12.2 Å². The predicted octanol–water partition coefficient (Wildman–Crippen LogP) is 2.60. The molecule has 0 amide bonds. The van der Waals surface area contributed by atoms with Gasteiger partial charge in [-0.2, -0.15) is 0 Å². The van der Waals surface area contributed by atoms with E-state index in [9.17, 15) is 0 Å². The first-order valence-corrected chi connectivity index (χ1v) is 3.94. The summed E-state index contributed by atoms with van der Waals surface area (Å²) in [6, 6.07) is 0. The van der Waals surface area contributed by atoms with Crippen molar-refractivity contribution in [2.75, 3.05) is 0 Å². The van der Waals surface area contributed by atoms with Crippen LogP contribution in [0.25, 0.3) is 0 Å². The largest absolute Gasteiger partial charge is 0.376 e. The molecule has 1 aliphatic rings. The molecule has 56 valence electrons. The van der Waals surface area contributed by atoms with Crippen molar-refractivity contribution in [3.05, 3.63) is 0 Å². The molecule has 0 aliphatic carbocycles. The molecular formula is C8H18O. The zero-order valence-corrected chi connectivity index (χ0v) is 6.98. The predicted molar refractivity (Wildman–Crippen MR) is 40.6 cm³/mol. The molecule has 0 aromatic heterocycles. The Morgan fingerprint density at radius 1 is 1.00 bits per heavy atom. The summed E-state index contributed by atoms with van der Waals surface area (Å²) in [5, 5.41) is 0. The molecule has 0 spiro atoms. The van der Waals surface area contributed by atoms with E-state index in [2.05, 4.69) is 13.8 Å². The van der Waals surface area contributed by atoms with Crippen molar-refractivity contribution in [1.82, 2.24) is 0 Å². The average Bonchev–Trinajstić information content (AvgIpc) is 2.20. The molecular weight excluding hydrogens is 112 g/mol. The Bertz CT molecular complexity index is 53.6. The first-order valence-electron chi connectivity index (χ1n) is 3.94. The first kappa shape index (κ1) is 8.96. The van der Waals surface area contributed by atoms with Gasteiger partial charge >= 0.3 is 0 Å². The SMILES string of the molecule is CC.CC1CCC(C)O1. The van der Waals surface area contributed by atoms with Crippen molar-refractivity contribution in [1.29, 1.82) is 0 Å². The minimum atomic E-state index is 0.523. The quantitative estimate of drug-likeness (QED) is 0.489. The number of rotatable bonds is 0.